The Balaban J connectivity index is 2.17. The van der Waals surface area contributed by atoms with Crippen LogP contribution in [0.25, 0.3) is 0 Å². The zero-order valence-electron chi connectivity index (χ0n) is 9.21. The van der Waals surface area contributed by atoms with E-state index in [-0.39, 0.29) is 5.69 Å². The van der Waals surface area contributed by atoms with E-state index in [4.69, 9.17) is 11.6 Å². The van der Waals surface area contributed by atoms with E-state index in [2.05, 4.69) is 15.3 Å². The molecule has 0 aliphatic carbocycles. The molecule has 0 spiro atoms. The van der Waals surface area contributed by atoms with Gasteiger partial charge < -0.3 is 5.32 Å². The minimum absolute atomic E-state index is 0.0562. The molecule has 1 aromatic heterocycles. The fourth-order valence-electron chi connectivity index (χ4n) is 1.42. The number of nitrogens with zero attached hydrogens (tertiary/aromatic N) is 3. The summed E-state index contributed by atoms with van der Waals surface area (Å²) in [5.41, 5.74) is 1.19. The molecule has 0 saturated heterocycles. The van der Waals surface area contributed by atoms with Gasteiger partial charge in [-0.3, -0.25) is 10.1 Å². The second-order valence-corrected chi connectivity index (χ2v) is 3.96. The van der Waals surface area contributed by atoms with Gasteiger partial charge in [-0.2, -0.15) is 0 Å². The summed E-state index contributed by atoms with van der Waals surface area (Å²) in [5, 5.41) is 14.2. The number of halogens is 1. The molecule has 2 aromatic rings. The van der Waals surface area contributed by atoms with Gasteiger partial charge in [-0.05, 0) is 12.1 Å². The van der Waals surface area contributed by atoms with Gasteiger partial charge in [-0.25, -0.2) is 9.97 Å². The lowest BCUT2D eigenvalue weighted by Gasteiger charge is -2.06. The maximum Gasteiger partial charge on any atom is 0.293 e. The smallest absolute Gasteiger partial charge is 0.293 e. The van der Waals surface area contributed by atoms with Crippen molar-refractivity contribution in [2.24, 2.45) is 0 Å². The summed E-state index contributed by atoms with van der Waals surface area (Å²) in [5.74, 6) is 0. The minimum Gasteiger partial charge on any atom is -0.375 e. The first-order chi connectivity index (χ1) is 8.66. The Kier molecular flexibility index (Phi) is 3.69. The Morgan fingerprint density at radius 2 is 2.06 bits per heavy atom. The molecule has 0 amide bonds. The molecule has 0 radical (unpaired) electrons. The summed E-state index contributed by atoms with van der Waals surface area (Å²) in [6, 6.07) is 4.48. The van der Waals surface area contributed by atoms with E-state index in [0.717, 1.165) is 5.56 Å². The second kappa shape index (κ2) is 5.42. The number of nitro benzene ring substituents is 1. The van der Waals surface area contributed by atoms with Gasteiger partial charge in [-0.1, -0.05) is 11.6 Å². The van der Waals surface area contributed by atoms with Crippen molar-refractivity contribution in [1.29, 1.82) is 0 Å². The molecule has 1 heterocycles. The number of hydrogen-bond acceptors (Lipinski definition) is 5. The molecular weight excluding hydrogens is 256 g/mol. The topological polar surface area (TPSA) is 81.0 Å². The molecule has 0 saturated carbocycles. The molecule has 0 fully saturated rings. The third kappa shape index (κ3) is 2.92. The second-order valence-electron chi connectivity index (χ2n) is 3.52. The Morgan fingerprint density at radius 3 is 2.72 bits per heavy atom. The fraction of sp³-hybridized carbons (Fsp3) is 0.0909. The highest BCUT2D eigenvalue weighted by atomic mass is 35.5. The predicted molar refractivity (Wildman–Crippen MR) is 67.5 cm³/mol. The van der Waals surface area contributed by atoms with Crippen LogP contribution in [-0.2, 0) is 6.54 Å². The van der Waals surface area contributed by atoms with Crippen molar-refractivity contribution in [2.75, 3.05) is 5.32 Å². The van der Waals surface area contributed by atoms with Crippen molar-refractivity contribution < 1.29 is 4.92 Å². The number of hydrogen-bond donors (Lipinski definition) is 1. The third-order valence-electron chi connectivity index (χ3n) is 2.25. The third-order valence-corrected chi connectivity index (χ3v) is 2.49. The van der Waals surface area contributed by atoms with E-state index in [1.165, 1.54) is 12.4 Å². The number of rotatable bonds is 4. The maximum atomic E-state index is 10.9. The zero-order valence-corrected chi connectivity index (χ0v) is 9.96. The van der Waals surface area contributed by atoms with Crippen molar-refractivity contribution in [3.63, 3.8) is 0 Å². The normalized spacial score (nSPS) is 10.1. The summed E-state index contributed by atoms with van der Waals surface area (Å²) < 4.78 is 0. The van der Waals surface area contributed by atoms with Crippen LogP contribution in [0, 0.1) is 10.1 Å². The Morgan fingerprint density at radius 1 is 1.33 bits per heavy atom. The predicted octanol–water partition coefficient (Wildman–Crippen LogP) is 2.65. The highest BCUT2D eigenvalue weighted by molar-refractivity contribution is 6.30. The first-order valence-corrected chi connectivity index (χ1v) is 5.46. The van der Waals surface area contributed by atoms with Gasteiger partial charge >= 0.3 is 0 Å². The largest absolute Gasteiger partial charge is 0.375 e. The average molecular weight is 265 g/mol. The van der Waals surface area contributed by atoms with Crippen LogP contribution in [0.1, 0.15) is 5.56 Å². The molecule has 1 aromatic carbocycles. The lowest BCUT2D eigenvalue weighted by molar-refractivity contribution is -0.383. The van der Waals surface area contributed by atoms with Crippen LogP contribution >= 0.6 is 11.6 Å². The lowest BCUT2D eigenvalue weighted by Crippen LogP contribution is -2.03. The number of aromatic nitrogens is 2. The van der Waals surface area contributed by atoms with E-state index in [9.17, 15) is 10.1 Å². The van der Waals surface area contributed by atoms with Crippen molar-refractivity contribution in [2.45, 2.75) is 6.54 Å². The molecule has 92 valence electrons. The fourth-order valence-corrected chi connectivity index (χ4v) is 1.59. The van der Waals surface area contributed by atoms with E-state index in [0.29, 0.717) is 17.3 Å². The number of anilines is 1. The zero-order chi connectivity index (χ0) is 13.0. The van der Waals surface area contributed by atoms with Crippen LogP contribution in [0.5, 0.6) is 0 Å². The molecule has 2 rings (SSSR count). The molecular formula is C11H9ClN4O2. The summed E-state index contributed by atoms with van der Waals surface area (Å²) in [6.07, 6.45) is 4.71. The van der Waals surface area contributed by atoms with Crippen LogP contribution < -0.4 is 5.32 Å². The molecule has 1 N–H and O–H groups in total. The molecule has 18 heavy (non-hydrogen) atoms. The average Bonchev–Trinajstić information content (AvgIpc) is 2.38. The highest BCUT2D eigenvalue weighted by Crippen LogP contribution is 2.27. The summed E-state index contributed by atoms with van der Waals surface area (Å²) in [6.45, 7) is 0.406. The molecule has 0 bridgehead atoms. The summed E-state index contributed by atoms with van der Waals surface area (Å²) >= 11 is 5.73. The molecule has 0 atom stereocenters. The van der Waals surface area contributed by atoms with Gasteiger partial charge in [0.25, 0.3) is 5.69 Å². The van der Waals surface area contributed by atoms with Gasteiger partial charge in [0.1, 0.15) is 12.0 Å². The first-order valence-electron chi connectivity index (χ1n) is 5.08. The van der Waals surface area contributed by atoms with Gasteiger partial charge in [0.2, 0.25) is 0 Å². The van der Waals surface area contributed by atoms with E-state index in [1.54, 1.807) is 24.5 Å². The number of benzene rings is 1. The van der Waals surface area contributed by atoms with Crippen molar-refractivity contribution >= 4 is 23.0 Å². The van der Waals surface area contributed by atoms with E-state index < -0.39 is 4.92 Å². The minimum atomic E-state index is -0.476. The van der Waals surface area contributed by atoms with E-state index >= 15 is 0 Å². The van der Waals surface area contributed by atoms with Crippen LogP contribution in [0.15, 0.2) is 36.9 Å². The van der Waals surface area contributed by atoms with Gasteiger partial charge in [-0.15, -0.1) is 0 Å². The summed E-state index contributed by atoms with van der Waals surface area (Å²) in [4.78, 5) is 18.1. The number of nitrogens with one attached hydrogen (secondary N) is 1. The Labute approximate surface area is 108 Å². The molecule has 6 nitrogen and oxygen atoms in total. The van der Waals surface area contributed by atoms with Gasteiger partial charge in [0.15, 0.2) is 0 Å². The first kappa shape index (κ1) is 12.3. The number of nitro groups is 1. The lowest BCUT2D eigenvalue weighted by atomic mass is 10.2. The van der Waals surface area contributed by atoms with Crippen LogP contribution in [-0.4, -0.2) is 14.9 Å². The molecule has 0 unspecified atom stereocenters. The van der Waals surface area contributed by atoms with Crippen molar-refractivity contribution in [3.05, 3.63) is 57.6 Å². The van der Waals surface area contributed by atoms with Crippen molar-refractivity contribution in [3.8, 4) is 0 Å². The Bertz CT molecular complexity index is 562. The van der Waals surface area contributed by atoms with Crippen molar-refractivity contribution in [1.82, 2.24) is 9.97 Å². The SMILES string of the molecule is O=[N+]([O-])c1cc(Cl)ccc1NCc1cncnc1. The summed E-state index contributed by atoms with van der Waals surface area (Å²) in [7, 11) is 0. The molecule has 7 heteroatoms. The van der Waals surface area contributed by atoms with E-state index in [1.807, 2.05) is 0 Å². The quantitative estimate of drug-likeness (QED) is 0.678. The standard InChI is InChI=1S/C11H9ClN4O2/c12-9-1-2-10(11(3-9)16(17)18)15-6-8-4-13-7-14-5-8/h1-5,7,15H,6H2. The van der Waals surface area contributed by atoms with Crippen LogP contribution in [0.4, 0.5) is 11.4 Å². The molecule has 0 aliphatic heterocycles. The Hall–Kier alpha value is -2.21. The van der Waals surface area contributed by atoms with Gasteiger partial charge in [0.05, 0.1) is 4.92 Å². The van der Waals surface area contributed by atoms with Gasteiger partial charge in [0, 0.05) is 35.6 Å². The van der Waals surface area contributed by atoms with Crippen LogP contribution in [0.3, 0.4) is 0 Å². The monoisotopic (exact) mass is 264 g/mol. The highest BCUT2D eigenvalue weighted by Gasteiger charge is 2.13. The maximum absolute atomic E-state index is 10.9. The van der Waals surface area contributed by atoms with Crippen LogP contribution in [0.2, 0.25) is 5.02 Å². The molecule has 0 aliphatic rings.